The molecule has 0 unspecified atom stereocenters. The Morgan fingerprint density at radius 1 is 1.15 bits per heavy atom. The summed E-state index contributed by atoms with van der Waals surface area (Å²) in [5, 5.41) is 3.01. The lowest BCUT2D eigenvalue weighted by Gasteiger charge is -2.09. The molecule has 26 heavy (non-hydrogen) atoms. The fourth-order valence-electron chi connectivity index (χ4n) is 3.28. The van der Waals surface area contributed by atoms with Crippen molar-refractivity contribution in [3.05, 3.63) is 72.2 Å². The second-order valence-electron chi connectivity index (χ2n) is 6.42. The minimum atomic E-state index is 0.0293. The van der Waals surface area contributed by atoms with Crippen LogP contribution in [0.4, 0.5) is 5.69 Å². The highest BCUT2D eigenvalue weighted by molar-refractivity contribution is 7.99. The van der Waals surface area contributed by atoms with Crippen LogP contribution >= 0.6 is 11.8 Å². The van der Waals surface area contributed by atoms with Crippen molar-refractivity contribution < 1.29 is 4.79 Å². The maximum Gasteiger partial charge on any atom is 0.234 e. The average molecular weight is 363 g/mol. The zero-order chi connectivity index (χ0) is 17.8. The first-order valence-corrected chi connectivity index (χ1v) is 10.0. The van der Waals surface area contributed by atoms with Crippen LogP contribution < -0.4 is 5.32 Å². The Balaban J connectivity index is 1.37. The maximum absolute atomic E-state index is 12.2. The number of benzene rings is 2. The first kappa shape index (κ1) is 16.9. The molecule has 2 heterocycles. The molecule has 0 spiro atoms. The lowest BCUT2D eigenvalue weighted by Crippen LogP contribution is -2.14. The Hall–Kier alpha value is -2.53. The molecule has 2 aromatic carbocycles. The Bertz CT molecular complexity index is 905. The summed E-state index contributed by atoms with van der Waals surface area (Å²) >= 11 is 1.63. The molecule has 0 saturated heterocycles. The number of amides is 1. The van der Waals surface area contributed by atoms with Crippen LogP contribution in [0.25, 0.3) is 11.3 Å². The molecule has 1 aliphatic heterocycles. The van der Waals surface area contributed by atoms with Gasteiger partial charge in [-0.05, 0) is 24.1 Å². The quantitative estimate of drug-likeness (QED) is 0.707. The van der Waals surface area contributed by atoms with Crippen molar-refractivity contribution in [1.82, 2.24) is 9.55 Å². The third-order valence-corrected chi connectivity index (χ3v) is 5.51. The van der Waals surface area contributed by atoms with E-state index in [0.717, 1.165) is 47.9 Å². The van der Waals surface area contributed by atoms with Crippen molar-refractivity contribution in [3.8, 4) is 11.3 Å². The summed E-state index contributed by atoms with van der Waals surface area (Å²) in [6.45, 7) is 1.03. The van der Waals surface area contributed by atoms with E-state index in [9.17, 15) is 4.79 Å². The van der Waals surface area contributed by atoms with E-state index in [2.05, 4.69) is 33.1 Å². The first-order chi connectivity index (χ1) is 12.8. The highest BCUT2D eigenvalue weighted by Gasteiger charge is 2.16. The van der Waals surface area contributed by atoms with Crippen LogP contribution in [0.2, 0.25) is 0 Å². The summed E-state index contributed by atoms with van der Waals surface area (Å²) in [6.07, 6.45) is 4.14. The molecule has 3 aromatic rings. The minimum Gasteiger partial charge on any atom is -0.328 e. The number of carbonyl (C=O) groups excluding carboxylic acids is 1. The van der Waals surface area contributed by atoms with Crippen LogP contribution in [0.1, 0.15) is 17.8 Å². The largest absolute Gasteiger partial charge is 0.328 e. The Labute approximate surface area is 157 Å². The van der Waals surface area contributed by atoms with Gasteiger partial charge in [0.05, 0.1) is 17.6 Å². The number of aromatic nitrogens is 2. The summed E-state index contributed by atoms with van der Waals surface area (Å²) in [5.41, 5.74) is 4.30. The number of fused-ring (bicyclic) bond motifs is 1. The minimum absolute atomic E-state index is 0.0293. The lowest BCUT2D eigenvalue weighted by molar-refractivity contribution is -0.113. The monoisotopic (exact) mass is 363 g/mol. The molecule has 0 atom stereocenters. The second-order valence-corrected chi connectivity index (χ2v) is 7.41. The van der Waals surface area contributed by atoms with Crippen LogP contribution in [0, 0.1) is 0 Å². The van der Waals surface area contributed by atoms with Crippen LogP contribution in [-0.2, 0) is 23.5 Å². The number of nitrogens with zero attached hydrogens (tertiary/aromatic N) is 2. The summed E-state index contributed by atoms with van der Waals surface area (Å²) in [7, 11) is 0. The Morgan fingerprint density at radius 3 is 2.92 bits per heavy atom. The van der Waals surface area contributed by atoms with Gasteiger partial charge in [-0.2, -0.15) is 0 Å². The van der Waals surface area contributed by atoms with Gasteiger partial charge in [0.15, 0.2) is 0 Å². The van der Waals surface area contributed by atoms with Crippen molar-refractivity contribution in [1.29, 1.82) is 0 Å². The van der Waals surface area contributed by atoms with Gasteiger partial charge in [-0.25, -0.2) is 4.98 Å². The topological polar surface area (TPSA) is 46.9 Å². The molecule has 4 rings (SSSR count). The van der Waals surface area contributed by atoms with Crippen molar-refractivity contribution in [2.24, 2.45) is 0 Å². The van der Waals surface area contributed by atoms with Gasteiger partial charge in [-0.15, -0.1) is 11.8 Å². The Kier molecular flexibility index (Phi) is 5.07. The molecule has 0 bridgehead atoms. The summed E-state index contributed by atoms with van der Waals surface area (Å²) in [6, 6.07) is 18.2. The van der Waals surface area contributed by atoms with E-state index < -0.39 is 0 Å². The van der Waals surface area contributed by atoms with E-state index >= 15 is 0 Å². The maximum atomic E-state index is 12.2. The summed E-state index contributed by atoms with van der Waals surface area (Å²) in [5.74, 6) is 2.48. The molecule has 1 aliphatic rings. The number of imidazole rings is 1. The fraction of sp³-hybridized carbons (Fsp3) is 0.238. The van der Waals surface area contributed by atoms with Gasteiger partial charge in [-0.3, -0.25) is 4.79 Å². The van der Waals surface area contributed by atoms with E-state index in [1.165, 1.54) is 5.56 Å². The number of rotatable bonds is 6. The molecule has 4 nitrogen and oxygen atoms in total. The van der Waals surface area contributed by atoms with Crippen molar-refractivity contribution in [3.63, 3.8) is 0 Å². The van der Waals surface area contributed by atoms with Crippen LogP contribution in [-0.4, -0.2) is 21.2 Å². The number of aryl methyl sites for hydroxylation is 1. The standard InChI is InChI=1S/C21H21N3OS/c25-21(15-26-14-16-6-2-1-3-7-16)23-18-9-4-8-17(12-18)19-13-22-20-10-5-11-24(19)20/h1-4,6-9,12-13H,5,10-11,14-15H2,(H,23,25). The number of nitrogens with one attached hydrogen (secondary N) is 1. The summed E-state index contributed by atoms with van der Waals surface area (Å²) < 4.78 is 2.27. The number of hydrogen-bond acceptors (Lipinski definition) is 3. The zero-order valence-corrected chi connectivity index (χ0v) is 15.3. The van der Waals surface area contributed by atoms with Gasteiger partial charge in [0.2, 0.25) is 5.91 Å². The third kappa shape index (κ3) is 3.83. The van der Waals surface area contributed by atoms with Crippen molar-refractivity contribution >= 4 is 23.4 Å². The predicted molar refractivity (Wildman–Crippen MR) is 107 cm³/mol. The number of thioether (sulfide) groups is 1. The van der Waals surface area contributed by atoms with E-state index in [-0.39, 0.29) is 5.91 Å². The number of carbonyl (C=O) groups is 1. The summed E-state index contributed by atoms with van der Waals surface area (Å²) in [4.78, 5) is 16.7. The van der Waals surface area contributed by atoms with E-state index in [0.29, 0.717) is 5.75 Å². The normalized spacial score (nSPS) is 12.8. The molecule has 1 amide bonds. The molecule has 0 saturated carbocycles. The van der Waals surface area contributed by atoms with Crippen molar-refractivity contribution in [2.45, 2.75) is 25.1 Å². The molecular weight excluding hydrogens is 342 g/mol. The first-order valence-electron chi connectivity index (χ1n) is 8.86. The van der Waals surface area contributed by atoms with Crippen LogP contribution in [0.3, 0.4) is 0 Å². The number of hydrogen-bond donors (Lipinski definition) is 1. The molecule has 5 heteroatoms. The second kappa shape index (κ2) is 7.79. The molecule has 1 N–H and O–H groups in total. The van der Waals surface area contributed by atoms with Gasteiger partial charge in [0.25, 0.3) is 0 Å². The fourth-order valence-corrected chi connectivity index (χ4v) is 4.07. The van der Waals surface area contributed by atoms with Crippen LogP contribution in [0.15, 0.2) is 60.8 Å². The SMILES string of the molecule is O=C(CSCc1ccccc1)Nc1cccc(-c2cnc3n2CCC3)c1. The van der Waals surface area contributed by atoms with Crippen molar-refractivity contribution in [2.75, 3.05) is 11.1 Å². The highest BCUT2D eigenvalue weighted by Crippen LogP contribution is 2.27. The highest BCUT2D eigenvalue weighted by atomic mass is 32.2. The third-order valence-electron chi connectivity index (χ3n) is 4.51. The predicted octanol–water partition coefficient (Wildman–Crippen LogP) is 4.37. The lowest BCUT2D eigenvalue weighted by atomic mass is 10.1. The smallest absolute Gasteiger partial charge is 0.234 e. The van der Waals surface area contributed by atoms with Crippen LogP contribution in [0.5, 0.6) is 0 Å². The molecule has 132 valence electrons. The van der Waals surface area contributed by atoms with E-state index in [1.807, 2.05) is 42.6 Å². The molecule has 0 aliphatic carbocycles. The molecule has 0 fully saturated rings. The molecular formula is C21H21N3OS. The van der Waals surface area contributed by atoms with Gasteiger partial charge in [0.1, 0.15) is 5.82 Å². The van der Waals surface area contributed by atoms with Gasteiger partial charge in [-0.1, -0.05) is 42.5 Å². The average Bonchev–Trinajstić information content (AvgIpc) is 3.26. The number of anilines is 1. The van der Waals surface area contributed by atoms with E-state index in [1.54, 1.807) is 11.8 Å². The molecule has 0 radical (unpaired) electrons. The van der Waals surface area contributed by atoms with E-state index in [4.69, 9.17) is 0 Å². The molecule has 1 aromatic heterocycles. The zero-order valence-electron chi connectivity index (χ0n) is 14.5. The van der Waals surface area contributed by atoms with Gasteiger partial charge in [0, 0.05) is 30.0 Å². The van der Waals surface area contributed by atoms with Gasteiger partial charge < -0.3 is 9.88 Å². The van der Waals surface area contributed by atoms with Gasteiger partial charge >= 0.3 is 0 Å². The Morgan fingerprint density at radius 2 is 2.04 bits per heavy atom.